The molecular weight excluding hydrogens is 467 g/mol. The maximum atomic E-state index is 12.7. The van der Waals surface area contributed by atoms with E-state index in [0.717, 1.165) is 16.9 Å². The molecule has 0 radical (unpaired) electrons. The number of nitrogens with zero attached hydrogens (tertiary/aromatic N) is 2. The molecule has 3 aromatic rings. The zero-order valence-corrected chi connectivity index (χ0v) is 19.2. The van der Waals surface area contributed by atoms with E-state index in [4.69, 9.17) is 23.2 Å². The van der Waals surface area contributed by atoms with Gasteiger partial charge in [0, 0.05) is 10.6 Å². The number of benzene rings is 2. The molecule has 2 N–H and O–H groups in total. The normalized spacial score (nSPS) is 12.0. The molecule has 0 saturated heterocycles. The molecule has 3 rings (SSSR count). The number of rotatable bonds is 7. The van der Waals surface area contributed by atoms with Crippen LogP contribution in [0.2, 0.25) is 10.0 Å². The van der Waals surface area contributed by atoms with Gasteiger partial charge in [0.1, 0.15) is 0 Å². The van der Waals surface area contributed by atoms with E-state index in [1.165, 1.54) is 18.2 Å². The molecule has 7 nitrogen and oxygen atoms in total. The van der Waals surface area contributed by atoms with E-state index in [9.17, 15) is 13.2 Å². The number of hydrogen-bond acceptors (Lipinski definition) is 6. The lowest BCUT2D eigenvalue weighted by molar-refractivity contribution is 0.102. The Morgan fingerprint density at radius 3 is 2.47 bits per heavy atom. The first-order valence-corrected chi connectivity index (χ1v) is 11.8. The molecule has 0 spiro atoms. The van der Waals surface area contributed by atoms with Gasteiger partial charge in [-0.3, -0.25) is 10.1 Å². The van der Waals surface area contributed by atoms with Crippen molar-refractivity contribution in [2.24, 2.45) is 0 Å². The summed E-state index contributed by atoms with van der Waals surface area (Å²) >= 11 is 12.6. The van der Waals surface area contributed by atoms with Gasteiger partial charge in [0.15, 0.2) is 0 Å². The molecule has 0 aliphatic heterocycles. The van der Waals surface area contributed by atoms with Crippen LogP contribution in [0.1, 0.15) is 29.8 Å². The summed E-state index contributed by atoms with van der Waals surface area (Å²) in [5.74, 6) is -0.547. The number of aromatic nitrogens is 2. The lowest BCUT2D eigenvalue weighted by atomic mass is 9.96. The fraction of sp³-hybridized carbons (Fsp3) is 0.211. The Labute approximate surface area is 188 Å². The highest BCUT2D eigenvalue weighted by Crippen LogP contribution is 2.25. The van der Waals surface area contributed by atoms with Gasteiger partial charge in [-0.25, -0.2) is 13.1 Å². The lowest BCUT2D eigenvalue weighted by Gasteiger charge is -2.25. The van der Waals surface area contributed by atoms with E-state index in [1.807, 2.05) is 30.3 Å². The van der Waals surface area contributed by atoms with Crippen molar-refractivity contribution in [3.05, 3.63) is 69.7 Å². The molecule has 0 aliphatic rings. The summed E-state index contributed by atoms with van der Waals surface area (Å²) in [6, 6.07) is 14.0. The van der Waals surface area contributed by atoms with E-state index in [2.05, 4.69) is 20.2 Å². The van der Waals surface area contributed by atoms with Crippen molar-refractivity contribution in [1.29, 1.82) is 0 Å². The molecule has 0 fully saturated rings. The van der Waals surface area contributed by atoms with Gasteiger partial charge >= 0.3 is 0 Å². The van der Waals surface area contributed by atoms with Crippen molar-refractivity contribution in [3.63, 3.8) is 0 Å². The van der Waals surface area contributed by atoms with Gasteiger partial charge in [-0.15, -0.1) is 10.2 Å². The molecule has 1 heterocycles. The molecule has 0 atom stereocenters. The highest BCUT2D eigenvalue weighted by molar-refractivity contribution is 7.91. The second-order valence-corrected chi connectivity index (χ2v) is 10.8. The fourth-order valence-corrected chi connectivity index (χ4v) is 5.56. The fourth-order valence-electron chi connectivity index (χ4n) is 2.76. The third-order valence-electron chi connectivity index (χ3n) is 3.93. The number of halogens is 2. The number of nitrogens with one attached hydrogen (secondary N) is 2. The van der Waals surface area contributed by atoms with Gasteiger partial charge < -0.3 is 0 Å². The van der Waals surface area contributed by atoms with Crippen LogP contribution in [-0.4, -0.2) is 30.1 Å². The standard InChI is InChI=1S/C19H18Cl2N4O3S2/c1-19(2,11-12-6-4-3-5-7-12)25-30(27,28)18-24-23-17(29-18)22-16(26)14-9-8-13(20)10-15(14)21/h3-10,25H,11H2,1-2H3,(H,22,23,26). The molecule has 1 amide bonds. The quantitative estimate of drug-likeness (QED) is 0.484. The number of hydrogen-bond donors (Lipinski definition) is 2. The first-order valence-electron chi connectivity index (χ1n) is 8.73. The summed E-state index contributed by atoms with van der Waals surface area (Å²) in [6.07, 6.45) is 0.491. The molecule has 11 heteroatoms. The van der Waals surface area contributed by atoms with Gasteiger partial charge in [0.2, 0.25) is 9.47 Å². The molecule has 0 saturated carbocycles. The summed E-state index contributed by atoms with van der Waals surface area (Å²) in [6.45, 7) is 3.56. The minimum absolute atomic E-state index is 0.0345. The summed E-state index contributed by atoms with van der Waals surface area (Å²) in [4.78, 5) is 12.4. The van der Waals surface area contributed by atoms with Gasteiger partial charge in [-0.1, -0.05) is 64.9 Å². The van der Waals surface area contributed by atoms with E-state index in [0.29, 0.717) is 11.4 Å². The first kappa shape index (κ1) is 22.6. The maximum absolute atomic E-state index is 12.7. The minimum atomic E-state index is -3.93. The Morgan fingerprint density at radius 2 is 1.80 bits per heavy atom. The number of anilines is 1. The maximum Gasteiger partial charge on any atom is 0.270 e. The van der Waals surface area contributed by atoms with Crippen LogP contribution < -0.4 is 10.0 Å². The molecular formula is C19H18Cl2N4O3S2. The number of amides is 1. The van der Waals surface area contributed by atoms with Crippen LogP contribution in [0.3, 0.4) is 0 Å². The highest BCUT2D eigenvalue weighted by atomic mass is 35.5. The molecule has 1 aromatic heterocycles. The van der Waals surface area contributed by atoms with Crippen LogP contribution in [0.5, 0.6) is 0 Å². The largest absolute Gasteiger partial charge is 0.296 e. The average molecular weight is 485 g/mol. The van der Waals surface area contributed by atoms with Crippen LogP contribution in [0.4, 0.5) is 5.13 Å². The number of carbonyl (C=O) groups excluding carboxylic acids is 1. The highest BCUT2D eigenvalue weighted by Gasteiger charge is 2.29. The lowest BCUT2D eigenvalue weighted by Crippen LogP contribution is -2.44. The van der Waals surface area contributed by atoms with E-state index < -0.39 is 21.5 Å². The van der Waals surface area contributed by atoms with Crippen LogP contribution in [-0.2, 0) is 16.4 Å². The Hall–Kier alpha value is -2.04. The Balaban J connectivity index is 1.71. The predicted molar refractivity (Wildman–Crippen MR) is 119 cm³/mol. The molecule has 2 aromatic carbocycles. The second-order valence-electron chi connectivity index (χ2n) is 7.10. The minimum Gasteiger partial charge on any atom is -0.296 e. The van der Waals surface area contributed by atoms with Crippen LogP contribution >= 0.6 is 34.5 Å². The smallest absolute Gasteiger partial charge is 0.270 e. The van der Waals surface area contributed by atoms with Crippen LogP contribution in [0.15, 0.2) is 52.9 Å². The molecule has 0 unspecified atom stereocenters. The van der Waals surface area contributed by atoms with E-state index in [1.54, 1.807) is 13.8 Å². The first-order chi connectivity index (χ1) is 14.1. The predicted octanol–water partition coefficient (Wildman–Crippen LogP) is 4.40. The Bertz CT molecular complexity index is 1170. The third-order valence-corrected chi connectivity index (χ3v) is 7.38. The monoisotopic (exact) mass is 484 g/mol. The van der Waals surface area contributed by atoms with Crippen LogP contribution in [0.25, 0.3) is 0 Å². The zero-order chi connectivity index (χ0) is 21.9. The van der Waals surface area contributed by atoms with Gasteiger partial charge in [-0.2, -0.15) is 0 Å². The van der Waals surface area contributed by atoms with Crippen molar-refractivity contribution in [3.8, 4) is 0 Å². The second kappa shape index (κ2) is 8.99. The van der Waals surface area contributed by atoms with Crippen molar-refractivity contribution >= 4 is 55.6 Å². The SMILES string of the molecule is CC(C)(Cc1ccccc1)NS(=O)(=O)c1nnc(NC(=O)c2ccc(Cl)cc2Cl)s1. The molecule has 0 bridgehead atoms. The number of sulfonamides is 1. The van der Waals surface area contributed by atoms with Crippen molar-refractivity contribution < 1.29 is 13.2 Å². The van der Waals surface area contributed by atoms with Gasteiger partial charge in [0.05, 0.1) is 10.6 Å². The van der Waals surface area contributed by atoms with Gasteiger partial charge in [0.25, 0.3) is 15.9 Å². The van der Waals surface area contributed by atoms with Crippen molar-refractivity contribution in [1.82, 2.24) is 14.9 Å². The molecule has 158 valence electrons. The van der Waals surface area contributed by atoms with E-state index >= 15 is 0 Å². The van der Waals surface area contributed by atoms with Crippen LogP contribution in [0, 0.1) is 0 Å². The van der Waals surface area contributed by atoms with Gasteiger partial charge in [-0.05, 0) is 44.0 Å². The Morgan fingerprint density at radius 1 is 1.10 bits per heavy atom. The van der Waals surface area contributed by atoms with Crippen molar-refractivity contribution in [2.45, 2.75) is 30.1 Å². The average Bonchev–Trinajstić information content (AvgIpc) is 3.10. The summed E-state index contributed by atoms with van der Waals surface area (Å²) in [7, 11) is -3.93. The zero-order valence-electron chi connectivity index (χ0n) is 16.0. The Kier molecular flexibility index (Phi) is 6.78. The molecule has 30 heavy (non-hydrogen) atoms. The third kappa shape index (κ3) is 5.77. The topological polar surface area (TPSA) is 101 Å². The summed E-state index contributed by atoms with van der Waals surface area (Å²) in [5.41, 5.74) is 0.421. The van der Waals surface area contributed by atoms with Crippen molar-refractivity contribution in [2.75, 3.05) is 5.32 Å². The molecule has 0 aliphatic carbocycles. The van der Waals surface area contributed by atoms with E-state index in [-0.39, 0.29) is 20.1 Å². The number of carbonyl (C=O) groups is 1. The summed E-state index contributed by atoms with van der Waals surface area (Å²) in [5, 5.41) is 10.6. The summed E-state index contributed by atoms with van der Waals surface area (Å²) < 4.78 is 27.9.